The fourth-order valence-electron chi connectivity index (χ4n) is 1.82. The molecule has 0 fully saturated rings. The number of esters is 2. The van der Waals surface area contributed by atoms with Crippen LogP contribution in [-0.2, 0) is 14.3 Å². The zero-order valence-corrected chi connectivity index (χ0v) is 14.2. The summed E-state index contributed by atoms with van der Waals surface area (Å²) in [4.78, 5) is 23.2. The Hall–Kier alpha value is -1.26. The van der Waals surface area contributed by atoms with Crippen LogP contribution in [0.2, 0.25) is 10.0 Å². The summed E-state index contributed by atoms with van der Waals surface area (Å²) in [6.07, 6.45) is 1.97. The molecule has 1 unspecified atom stereocenters. The molecule has 0 saturated heterocycles. The normalized spacial score (nSPS) is 11.8. The van der Waals surface area contributed by atoms with Crippen LogP contribution in [0, 0.1) is 5.92 Å². The van der Waals surface area contributed by atoms with Crippen LogP contribution in [0.25, 0.3) is 0 Å². The minimum atomic E-state index is -0.553. The average molecular weight is 347 g/mol. The second-order valence-electron chi connectivity index (χ2n) is 5.10. The Kier molecular flexibility index (Phi) is 8.28. The number of halogens is 2. The van der Waals surface area contributed by atoms with E-state index >= 15 is 0 Å². The van der Waals surface area contributed by atoms with E-state index in [1.54, 1.807) is 12.1 Å². The van der Waals surface area contributed by atoms with Gasteiger partial charge in [-0.05, 0) is 24.5 Å². The molecule has 0 aliphatic rings. The highest BCUT2D eigenvalue weighted by Crippen LogP contribution is 2.31. The van der Waals surface area contributed by atoms with Crippen LogP contribution in [0.15, 0.2) is 18.2 Å². The molecule has 0 aliphatic heterocycles. The second kappa shape index (κ2) is 9.70. The summed E-state index contributed by atoms with van der Waals surface area (Å²) in [6, 6.07) is 4.76. The van der Waals surface area contributed by atoms with Gasteiger partial charge in [-0.1, -0.05) is 49.5 Å². The van der Waals surface area contributed by atoms with Gasteiger partial charge in [0.2, 0.25) is 0 Å². The molecule has 22 heavy (non-hydrogen) atoms. The Morgan fingerprint density at radius 3 is 2.55 bits per heavy atom. The second-order valence-corrected chi connectivity index (χ2v) is 5.89. The summed E-state index contributed by atoms with van der Waals surface area (Å²) in [5.74, 6) is -0.449. The predicted octanol–water partition coefficient (Wildman–Crippen LogP) is 4.66. The molecule has 0 radical (unpaired) electrons. The molecule has 1 rings (SSSR count). The molecule has 0 saturated carbocycles. The molecule has 0 spiro atoms. The van der Waals surface area contributed by atoms with E-state index in [4.69, 9.17) is 32.7 Å². The monoisotopic (exact) mass is 346 g/mol. The van der Waals surface area contributed by atoms with Gasteiger partial charge < -0.3 is 9.47 Å². The van der Waals surface area contributed by atoms with E-state index < -0.39 is 11.9 Å². The van der Waals surface area contributed by atoms with Crippen LogP contribution in [-0.4, -0.2) is 18.5 Å². The minimum absolute atomic E-state index is 0.0180. The first kappa shape index (κ1) is 18.8. The van der Waals surface area contributed by atoms with E-state index in [-0.39, 0.29) is 23.6 Å². The first-order chi connectivity index (χ1) is 10.4. The number of carbonyl (C=O) groups excluding carboxylic acids is 2. The quantitative estimate of drug-likeness (QED) is 0.507. The third kappa shape index (κ3) is 6.67. The molecule has 1 atom stereocenters. The van der Waals surface area contributed by atoms with Gasteiger partial charge in [-0.25, -0.2) is 0 Å². The van der Waals surface area contributed by atoms with Crippen molar-refractivity contribution in [1.29, 1.82) is 0 Å². The minimum Gasteiger partial charge on any atom is -0.465 e. The molecule has 0 amide bonds. The standard InChI is InChI=1S/C16H20Cl2O4/c1-3-5-11(2)10-21-14(19)8-9-15(20)22-13-7-4-6-12(17)16(13)18/h4,6-7,11H,3,5,8-10H2,1-2H3. The van der Waals surface area contributed by atoms with Crippen molar-refractivity contribution in [3.8, 4) is 5.75 Å². The molecule has 0 heterocycles. The van der Waals surface area contributed by atoms with Crippen molar-refractivity contribution >= 4 is 35.1 Å². The number of hydrogen-bond donors (Lipinski definition) is 0. The van der Waals surface area contributed by atoms with Gasteiger partial charge >= 0.3 is 11.9 Å². The van der Waals surface area contributed by atoms with Gasteiger partial charge in [-0.2, -0.15) is 0 Å². The van der Waals surface area contributed by atoms with Gasteiger partial charge in [0.1, 0.15) is 5.02 Å². The SMILES string of the molecule is CCCC(C)COC(=O)CCC(=O)Oc1cccc(Cl)c1Cl. The zero-order chi connectivity index (χ0) is 16.5. The topological polar surface area (TPSA) is 52.6 Å². The molecule has 0 N–H and O–H groups in total. The summed E-state index contributed by atoms with van der Waals surface area (Å²) >= 11 is 11.7. The number of ether oxygens (including phenoxy) is 2. The van der Waals surface area contributed by atoms with Crippen LogP contribution >= 0.6 is 23.2 Å². The summed E-state index contributed by atoms with van der Waals surface area (Å²) in [6.45, 7) is 4.48. The van der Waals surface area contributed by atoms with E-state index in [0.717, 1.165) is 12.8 Å². The molecule has 1 aromatic rings. The van der Waals surface area contributed by atoms with Crippen LogP contribution in [0.3, 0.4) is 0 Å². The fourth-order valence-corrected chi connectivity index (χ4v) is 2.15. The summed E-state index contributed by atoms with van der Waals surface area (Å²) < 4.78 is 10.2. The Morgan fingerprint density at radius 2 is 1.86 bits per heavy atom. The maximum atomic E-state index is 11.7. The molecule has 0 aliphatic carbocycles. The van der Waals surface area contributed by atoms with Gasteiger partial charge in [-0.3, -0.25) is 9.59 Å². The van der Waals surface area contributed by atoms with E-state index in [0.29, 0.717) is 17.5 Å². The number of benzene rings is 1. The van der Waals surface area contributed by atoms with Crippen molar-refractivity contribution in [2.75, 3.05) is 6.61 Å². The van der Waals surface area contributed by atoms with Crippen molar-refractivity contribution in [1.82, 2.24) is 0 Å². The van der Waals surface area contributed by atoms with Crippen molar-refractivity contribution in [2.24, 2.45) is 5.92 Å². The van der Waals surface area contributed by atoms with Crippen LogP contribution < -0.4 is 4.74 Å². The Balaban J connectivity index is 2.34. The molecule has 0 aromatic heterocycles. The lowest BCUT2D eigenvalue weighted by atomic mass is 10.1. The smallest absolute Gasteiger partial charge is 0.311 e. The van der Waals surface area contributed by atoms with E-state index in [2.05, 4.69) is 6.92 Å². The molecule has 0 bridgehead atoms. The predicted molar refractivity (Wildman–Crippen MR) is 86.4 cm³/mol. The van der Waals surface area contributed by atoms with Crippen molar-refractivity contribution in [3.05, 3.63) is 28.2 Å². The van der Waals surface area contributed by atoms with Crippen LogP contribution in [0.5, 0.6) is 5.75 Å². The molecule has 122 valence electrons. The fraction of sp³-hybridized carbons (Fsp3) is 0.500. The summed E-state index contributed by atoms with van der Waals surface area (Å²) in [7, 11) is 0. The van der Waals surface area contributed by atoms with Gasteiger partial charge in [0.05, 0.1) is 24.5 Å². The molecular formula is C16H20Cl2O4. The van der Waals surface area contributed by atoms with Crippen molar-refractivity contribution < 1.29 is 19.1 Å². The molecule has 4 nitrogen and oxygen atoms in total. The van der Waals surface area contributed by atoms with E-state index in [9.17, 15) is 9.59 Å². The highest BCUT2D eigenvalue weighted by atomic mass is 35.5. The third-order valence-corrected chi connectivity index (χ3v) is 3.79. The highest BCUT2D eigenvalue weighted by Gasteiger charge is 2.14. The van der Waals surface area contributed by atoms with Crippen LogP contribution in [0.4, 0.5) is 0 Å². The van der Waals surface area contributed by atoms with Crippen molar-refractivity contribution in [2.45, 2.75) is 39.5 Å². The number of carbonyl (C=O) groups is 2. The Bertz CT molecular complexity index is 517. The van der Waals surface area contributed by atoms with Crippen molar-refractivity contribution in [3.63, 3.8) is 0 Å². The largest absolute Gasteiger partial charge is 0.465 e. The molecule has 6 heteroatoms. The van der Waals surface area contributed by atoms with E-state index in [1.165, 1.54) is 6.07 Å². The first-order valence-corrected chi connectivity index (χ1v) is 8.00. The zero-order valence-electron chi connectivity index (χ0n) is 12.7. The number of rotatable bonds is 8. The first-order valence-electron chi connectivity index (χ1n) is 7.24. The Labute approximate surface area is 140 Å². The number of hydrogen-bond acceptors (Lipinski definition) is 4. The highest BCUT2D eigenvalue weighted by molar-refractivity contribution is 6.43. The average Bonchev–Trinajstić information content (AvgIpc) is 2.48. The maximum absolute atomic E-state index is 11.7. The maximum Gasteiger partial charge on any atom is 0.311 e. The lowest BCUT2D eigenvalue weighted by Gasteiger charge is -2.11. The lowest BCUT2D eigenvalue weighted by Crippen LogP contribution is -2.15. The van der Waals surface area contributed by atoms with Gasteiger partial charge in [0.25, 0.3) is 0 Å². The van der Waals surface area contributed by atoms with Crippen LogP contribution in [0.1, 0.15) is 39.5 Å². The summed E-state index contributed by atoms with van der Waals surface area (Å²) in [5, 5.41) is 0.477. The van der Waals surface area contributed by atoms with Gasteiger partial charge in [0, 0.05) is 0 Å². The Morgan fingerprint density at radius 1 is 1.18 bits per heavy atom. The van der Waals surface area contributed by atoms with Gasteiger partial charge in [0.15, 0.2) is 5.75 Å². The lowest BCUT2D eigenvalue weighted by molar-refractivity contribution is -0.148. The molecular weight excluding hydrogens is 327 g/mol. The third-order valence-electron chi connectivity index (χ3n) is 2.98. The molecule has 1 aromatic carbocycles. The van der Waals surface area contributed by atoms with Gasteiger partial charge in [-0.15, -0.1) is 0 Å². The summed E-state index contributed by atoms with van der Waals surface area (Å²) in [5.41, 5.74) is 0. The van der Waals surface area contributed by atoms with E-state index in [1.807, 2.05) is 6.92 Å².